The van der Waals surface area contributed by atoms with Crippen molar-refractivity contribution in [3.05, 3.63) is 95.1 Å². The van der Waals surface area contributed by atoms with Gasteiger partial charge in [-0.2, -0.15) is 0 Å². The van der Waals surface area contributed by atoms with Gasteiger partial charge in [-0.25, -0.2) is 0 Å². The molecular weight excluding hydrogens is 448 g/mol. The molecule has 0 spiro atoms. The molecule has 3 rings (SSSR count). The molecule has 0 aliphatic heterocycles. The predicted molar refractivity (Wildman–Crippen MR) is 149 cm³/mol. The Kier molecular flexibility index (Phi) is 9.99. The number of amides is 1. The van der Waals surface area contributed by atoms with Crippen LogP contribution < -0.4 is 10.1 Å². The van der Waals surface area contributed by atoms with Crippen molar-refractivity contribution in [2.75, 3.05) is 19.5 Å². The van der Waals surface area contributed by atoms with Gasteiger partial charge in [0.15, 0.2) is 0 Å². The summed E-state index contributed by atoms with van der Waals surface area (Å²) in [6.07, 6.45) is 3.02. The molecule has 5 nitrogen and oxygen atoms in total. The van der Waals surface area contributed by atoms with Crippen LogP contribution in [0, 0.1) is 12.8 Å². The number of hydrogen-bond acceptors (Lipinski definition) is 4. The van der Waals surface area contributed by atoms with Crippen molar-refractivity contribution in [3.8, 4) is 5.75 Å². The second kappa shape index (κ2) is 13.4. The first-order valence-electron chi connectivity index (χ1n) is 12.4. The number of benzene rings is 3. The summed E-state index contributed by atoms with van der Waals surface area (Å²) in [5.74, 6) is 1.32. The van der Waals surface area contributed by atoms with Gasteiger partial charge in [0.05, 0.1) is 13.5 Å². The van der Waals surface area contributed by atoms with Crippen LogP contribution in [0.25, 0.3) is 0 Å². The summed E-state index contributed by atoms with van der Waals surface area (Å²) >= 11 is 0. The second-order valence-electron chi connectivity index (χ2n) is 9.33. The number of rotatable bonds is 12. The number of carbonyl (C=O) groups is 2. The van der Waals surface area contributed by atoms with E-state index in [1.165, 1.54) is 0 Å². The van der Waals surface area contributed by atoms with Crippen molar-refractivity contribution in [2.24, 2.45) is 10.9 Å². The summed E-state index contributed by atoms with van der Waals surface area (Å²) in [6, 6.07) is 23.4. The number of nitrogens with one attached hydrogen (secondary N) is 1. The summed E-state index contributed by atoms with van der Waals surface area (Å²) in [5, 5.41) is 2.95. The van der Waals surface area contributed by atoms with Crippen molar-refractivity contribution in [1.82, 2.24) is 0 Å². The zero-order valence-corrected chi connectivity index (χ0v) is 21.7. The number of hydrogen-bond donors (Lipinski definition) is 1. The van der Waals surface area contributed by atoms with E-state index >= 15 is 0 Å². The topological polar surface area (TPSA) is 67.8 Å². The Morgan fingerprint density at radius 3 is 2.33 bits per heavy atom. The van der Waals surface area contributed by atoms with Crippen LogP contribution in [0.4, 0.5) is 5.69 Å². The molecule has 3 aromatic rings. The Bertz CT molecular complexity index is 1190. The van der Waals surface area contributed by atoms with Crippen molar-refractivity contribution < 1.29 is 15.8 Å². The third-order valence-electron chi connectivity index (χ3n) is 6.29. The molecule has 1 atom stereocenters. The fourth-order valence-corrected chi connectivity index (χ4v) is 4.34. The highest BCUT2D eigenvalue weighted by Crippen LogP contribution is 2.21. The molecule has 0 heterocycles. The lowest BCUT2D eigenvalue weighted by Crippen LogP contribution is -2.14. The van der Waals surface area contributed by atoms with Crippen molar-refractivity contribution in [3.63, 3.8) is 0 Å². The molecule has 36 heavy (non-hydrogen) atoms. The van der Waals surface area contributed by atoms with E-state index in [4.69, 9.17) is 4.74 Å². The van der Waals surface area contributed by atoms with E-state index in [1.54, 1.807) is 14.2 Å². The average Bonchev–Trinajstić information content (AvgIpc) is 2.86. The second-order valence-corrected chi connectivity index (χ2v) is 9.33. The molecule has 3 aromatic carbocycles. The third kappa shape index (κ3) is 8.19. The highest BCUT2D eigenvalue weighted by molar-refractivity contribution is 6.01. The number of ketones is 1. The molecule has 0 saturated heterocycles. The Morgan fingerprint density at radius 1 is 0.972 bits per heavy atom. The number of aryl methyl sites for hydroxylation is 1. The van der Waals surface area contributed by atoms with Crippen LogP contribution in [-0.4, -0.2) is 31.6 Å². The molecule has 0 fully saturated rings. The van der Waals surface area contributed by atoms with E-state index in [0.717, 1.165) is 52.2 Å². The Hall–Kier alpha value is -3.73. The summed E-state index contributed by atoms with van der Waals surface area (Å²) < 4.78 is 5.30. The van der Waals surface area contributed by atoms with Crippen LogP contribution in [0.5, 0.6) is 5.75 Å². The van der Waals surface area contributed by atoms with Crippen LogP contribution in [0.2, 0.25) is 0 Å². The maximum Gasteiger partial charge on any atom is 0.228 e. The lowest BCUT2D eigenvalue weighted by atomic mass is 9.93. The molecule has 0 radical (unpaired) electrons. The number of carbonyl (C=O) groups excluding carboxylic acids is 2. The van der Waals surface area contributed by atoms with Gasteiger partial charge in [-0.15, -0.1) is 0 Å². The first-order valence-corrected chi connectivity index (χ1v) is 12.4. The molecule has 5 heteroatoms. The number of Topliss-reactive ketones (excluding diaryl/α,β-unsaturated/α-hetero) is 1. The average molecular weight is 487 g/mol. The largest absolute Gasteiger partial charge is 0.496 e. The Balaban J connectivity index is 0.00000481. The number of nitrogens with zero attached hydrogens (tertiary/aromatic N) is 1. The summed E-state index contributed by atoms with van der Waals surface area (Å²) in [4.78, 5) is 29.4. The highest BCUT2D eigenvalue weighted by Gasteiger charge is 2.13. The summed E-state index contributed by atoms with van der Waals surface area (Å²) in [6.45, 7) is 4.11. The smallest absolute Gasteiger partial charge is 0.228 e. The molecule has 0 aliphatic carbocycles. The molecule has 190 valence electrons. The highest BCUT2D eigenvalue weighted by atomic mass is 16.5. The van der Waals surface area contributed by atoms with Crippen LogP contribution in [0.1, 0.15) is 49.9 Å². The maximum atomic E-state index is 12.6. The molecule has 1 N–H and O–H groups in total. The van der Waals surface area contributed by atoms with Crippen LogP contribution in [-0.2, 0) is 22.4 Å². The van der Waals surface area contributed by atoms with E-state index in [1.807, 2.05) is 79.7 Å². The summed E-state index contributed by atoms with van der Waals surface area (Å²) in [7, 11) is 3.45. The number of anilines is 1. The monoisotopic (exact) mass is 486 g/mol. The number of ether oxygens (including phenoxy) is 1. The van der Waals surface area contributed by atoms with E-state index in [-0.39, 0.29) is 19.0 Å². The minimum atomic E-state index is -0.0402. The number of methoxy groups -OCH3 is 1. The molecule has 0 aliphatic rings. The fraction of sp³-hybridized carbons (Fsp3) is 0.323. The number of aliphatic imine (C=N–C) groups is 1. The van der Waals surface area contributed by atoms with E-state index in [9.17, 15) is 9.59 Å². The van der Waals surface area contributed by atoms with Gasteiger partial charge in [0.1, 0.15) is 11.5 Å². The molecule has 0 bridgehead atoms. The van der Waals surface area contributed by atoms with Gasteiger partial charge in [-0.1, -0.05) is 61.5 Å². The Morgan fingerprint density at radius 2 is 1.69 bits per heavy atom. The maximum absolute atomic E-state index is 12.6. The molecular formula is C31H38N2O3. The van der Waals surface area contributed by atoms with Gasteiger partial charge in [0.25, 0.3) is 0 Å². The minimum absolute atomic E-state index is 0. The van der Waals surface area contributed by atoms with Gasteiger partial charge < -0.3 is 10.1 Å². The Labute approximate surface area is 216 Å². The van der Waals surface area contributed by atoms with Crippen molar-refractivity contribution >= 4 is 23.1 Å². The zero-order valence-electron chi connectivity index (χ0n) is 21.7. The van der Waals surface area contributed by atoms with Gasteiger partial charge in [-0.05, 0) is 66.1 Å². The molecule has 1 unspecified atom stereocenters. The van der Waals surface area contributed by atoms with Crippen LogP contribution in [0.3, 0.4) is 0 Å². The molecule has 1 amide bonds. The minimum Gasteiger partial charge on any atom is -0.496 e. The first-order chi connectivity index (χ1) is 17.4. The van der Waals surface area contributed by atoms with E-state index in [2.05, 4.69) is 17.2 Å². The van der Waals surface area contributed by atoms with E-state index in [0.29, 0.717) is 19.3 Å². The standard InChI is InChI=1S/C31H36N2O3.H2/c1-22(18-28(34)20-25-11-17-30(36-4)23(2)19-25)10-16-29(32-3)26-12-14-27(15-13-26)33-31(35)21-24-8-6-5-7-9-24;/h5-9,11-15,17,19,22H,10,16,18,20-21H2,1-4H3,(H,33,35);1H. The third-order valence-corrected chi connectivity index (χ3v) is 6.29. The van der Waals surface area contributed by atoms with Gasteiger partial charge in [0, 0.05) is 32.7 Å². The fourth-order valence-electron chi connectivity index (χ4n) is 4.34. The molecule has 0 aromatic heterocycles. The summed E-state index contributed by atoms with van der Waals surface area (Å²) in [5.41, 5.74) is 5.85. The first kappa shape index (κ1) is 26.9. The normalized spacial score (nSPS) is 12.2. The van der Waals surface area contributed by atoms with Crippen molar-refractivity contribution in [2.45, 2.75) is 46.0 Å². The quantitative estimate of drug-likeness (QED) is 0.298. The van der Waals surface area contributed by atoms with Gasteiger partial charge in [0.2, 0.25) is 5.91 Å². The SMILES string of the molecule is CN=C(CCC(C)CC(=O)Cc1ccc(OC)c(C)c1)c1ccc(NC(=O)Cc2ccccc2)cc1.[HH]. The van der Waals surface area contributed by atoms with Crippen LogP contribution in [0.15, 0.2) is 77.8 Å². The lowest BCUT2D eigenvalue weighted by molar-refractivity contribution is -0.119. The predicted octanol–water partition coefficient (Wildman–Crippen LogP) is 6.47. The zero-order chi connectivity index (χ0) is 25.9. The van der Waals surface area contributed by atoms with Gasteiger partial charge >= 0.3 is 0 Å². The lowest BCUT2D eigenvalue weighted by Gasteiger charge is -2.13. The molecule has 0 saturated carbocycles. The van der Waals surface area contributed by atoms with Crippen molar-refractivity contribution in [1.29, 1.82) is 0 Å². The van der Waals surface area contributed by atoms with E-state index < -0.39 is 0 Å². The van der Waals surface area contributed by atoms with Gasteiger partial charge in [-0.3, -0.25) is 14.6 Å². The van der Waals surface area contributed by atoms with Crippen LogP contribution >= 0.6 is 0 Å².